The van der Waals surface area contributed by atoms with Gasteiger partial charge in [-0.05, 0) is 59.8 Å². The highest BCUT2D eigenvalue weighted by Gasteiger charge is 2.33. The maximum absolute atomic E-state index is 13.1. The van der Waals surface area contributed by atoms with Gasteiger partial charge in [-0.3, -0.25) is 14.4 Å². The first-order chi connectivity index (χ1) is 15.1. The average molecular weight is 449 g/mol. The molecule has 2 aliphatic heterocycles. The van der Waals surface area contributed by atoms with E-state index in [1.54, 1.807) is 17.0 Å². The quantitative estimate of drug-likeness (QED) is 0.730. The summed E-state index contributed by atoms with van der Waals surface area (Å²) < 4.78 is 0.581. The number of benzene rings is 1. The average Bonchev–Trinajstić information content (AvgIpc) is 3.32. The van der Waals surface area contributed by atoms with E-state index in [1.165, 1.54) is 11.3 Å². The molecule has 0 aliphatic carbocycles. The molecule has 1 aromatic heterocycles. The van der Waals surface area contributed by atoms with Crippen LogP contribution in [-0.4, -0.2) is 56.1 Å². The number of likely N-dealkylation sites (tertiary alicyclic amines) is 1. The van der Waals surface area contributed by atoms with Crippen molar-refractivity contribution in [3.63, 3.8) is 0 Å². The number of hydrogen-bond donors (Lipinski definition) is 1. The molecule has 8 heteroatoms. The van der Waals surface area contributed by atoms with Crippen LogP contribution in [-0.2, 0) is 4.79 Å². The second-order valence-corrected chi connectivity index (χ2v) is 10.7. The number of carbonyl (C=O) groups excluding carboxylic acids is 3. The first-order valence-electron chi connectivity index (χ1n) is 11.0. The lowest BCUT2D eigenvalue weighted by Gasteiger charge is -2.38. The molecule has 4 rings (SSSR count). The van der Waals surface area contributed by atoms with Crippen molar-refractivity contribution in [2.24, 2.45) is 5.41 Å². The third-order valence-corrected chi connectivity index (χ3v) is 7.16. The number of carbonyl (C=O) groups is 3. The van der Waals surface area contributed by atoms with Crippen molar-refractivity contribution in [3.05, 3.63) is 46.3 Å². The van der Waals surface area contributed by atoms with Crippen LogP contribution in [0.3, 0.4) is 0 Å². The molecule has 0 bridgehead atoms. The molecule has 166 valence electrons. The zero-order chi connectivity index (χ0) is 23.0. The minimum Gasteiger partial charge on any atom is -0.346 e. The summed E-state index contributed by atoms with van der Waals surface area (Å²) in [5.74, 6) is -0.208. The zero-order valence-corrected chi connectivity index (χ0v) is 19.6. The van der Waals surface area contributed by atoms with Gasteiger partial charge >= 0.3 is 0 Å². The zero-order valence-electron chi connectivity index (χ0n) is 18.8. The van der Waals surface area contributed by atoms with Crippen molar-refractivity contribution >= 4 is 47.4 Å². The molecule has 1 atom stereocenters. The Bertz CT molecular complexity index is 1060. The van der Waals surface area contributed by atoms with Gasteiger partial charge in [0.1, 0.15) is 7.85 Å². The number of piperidine rings is 1. The summed E-state index contributed by atoms with van der Waals surface area (Å²) >= 11 is 1.23. The van der Waals surface area contributed by atoms with Gasteiger partial charge < -0.3 is 15.1 Å². The molecule has 2 aliphatic rings. The van der Waals surface area contributed by atoms with Crippen LogP contribution in [0.5, 0.6) is 0 Å². The molecule has 3 heterocycles. The SMILES string of the molecule is [B]c1ccc(C(=O)NC2CC(=O)N(c3ccc(C(=O)N4CCCC(C)(C)C4)c(C)c3)C2)s1. The lowest BCUT2D eigenvalue weighted by Crippen LogP contribution is -2.43. The monoisotopic (exact) mass is 449 g/mol. The van der Waals surface area contributed by atoms with Crippen LogP contribution in [0.1, 0.15) is 58.7 Å². The van der Waals surface area contributed by atoms with Crippen LogP contribution in [0, 0.1) is 12.3 Å². The largest absolute Gasteiger partial charge is 0.346 e. The Morgan fingerprint density at radius 1 is 1.22 bits per heavy atom. The second kappa shape index (κ2) is 8.73. The highest BCUT2D eigenvalue weighted by atomic mass is 32.1. The van der Waals surface area contributed by atoms with E-state index in [1.807, 2.05) is 30.0 Å². The van der Waals surface area contributed by atoms with E-state index in [2.05, 4.69) is 19.2 Å². The predicted octanol–water partition coefficient (Wildman–Crippen LogP) is 2.65. The van der Waals surface area contributed by atoms with Crippen molar-refractivity contribution < 1.29 is 14.4 Å². The first-order valence-corrected chi connectivity index (χ1v) is 11.8. The van der Waals surface area contributed by atoms with Crippen LogP contribution in [0.25, 0.3) is 0 Å². The Hall–Kier alpha value is -2.61. The normalized spacial score (nSPS) is 20.5. The number of nitrogens with zero attached hydrogens (tertiary/aromatic N) is 2. The van der Waals surface area contributed by atoms with E-state index in [0.717, 1.165) is 37.2 Å². The Balaban J connectivity index is 1.44. The highest BCUT2D eigenvalue weighted by Crippen LogP contribution is 2.30. The van der Waals surface area contributed by atoms with E-state index in [-0.39, 0.29) is 35.6 Å². The number of aryl methyl sites for hydroxylation is 1. The molecule has 1 aromatic carbocycles. The fourth-order valence-corrected chi connectivity index (χ4v) is 5.29. The van der Waals surface area contributed by atoms with Gasteiger partial charge in [0.15, 0.2) is 0 Å². The molecule has 0 spiro atoms. The van der Waals surface area contributed by atoms with E-state index < -0.39 is 0 Å². The van der Waals surface area contributed by atoms with Crippen molar-refractivity contribution in [2.75, 3.05) is 24.5 Å². The van der Waals surface area contributed by atoms with Gasteiger partial charge in [-0.2, -0.15) is 0 Å². The van der Waals surface area contributed by atoms with Crippen molar-refractivity contribution in [1.82, 2.24) is 10.2 Å². The number of rotatable bonds is 4. The molecule has 1 N–H and O–H groups in total. The Morgan fingerprint density at radius 3 is 2.66 bits per heavy atom. The van der Waals surface area contributed by atoms with E-state index in [4.69, 9.17) is 7.85 Å². The van der Waals surface area contributed by atoms with Gasteiger partial charge in [0, 0.05) is 37.3 Å². The second-order valence-electron chi connectivity index (χ2n) is 9.57. The first kappa shape index (κ1) is 22.6. The molecular formula is C24H28BN3O3S. The summed E-state index contributed by atoms with van der Waals surface area (Å²) in [5.41, 5.74) is 2.42. The van der Waals surface area contributed by atoms with Crippen LogP contribution >= 0.6 is 11.3 Å². The summed E-state index contributed by atoms with van der Waals surface area (Å²) in [6.07, 6.45) is 2.39. The summed E-state index contributed by atoms with van der Waals surface area (Å²) in [6.45, 7) is 8.25. The summed E-state index contributed by atoms with van der Waals surface area (Å²) in [5, 5.41) is 2.93. The van der Waals surface area contributed by atoms with Crippen LogP contribution in [0.2, 0.25) is 0 Å². The predicted molar refractivity (Wildman–Crippen MR) is 128 cm³/mol. The maximum Gasteiger partial charge on any atom is 0.261 e. The third kappa shape index (κ3) is 4.75. The smallest absolute Gasteiger partial charge is 0.261 e. The molecule has 2 saturated heterocycles. The molecule has 2 aromatic rings. The van der Waals surface area contributed by atoms with Gasteiger partial charge in [-0.25, -0.2) is 0 Å². The molecule has 2 fully saturated rings. The van der Waals surface area contributed by atoms with Crippen molar-refractivity contribution in [3.8, 4) is 0 Å². The molecule has 0 saturated carbocycles. The van der Waals surface area contributed by atoms with E-state index >= 15 is 0 Å². The molecular weight excluding hydrogens is 421 g/mol. The third-order valence-electron chi connectivity index (χ3n) is 6.25. The van der Waals surface area contributed by atoms with Gasteiger partial charge in [0.25, 0.3) is 11.8 Å². The summed E-state index contributed by atoms with van der Waals surface area (Å²) in [7, 11) is 5.70. The van der Waals surface area contributed by atoms with Crippen LogP contribution in [0.4, 0.5) is 5.69 Å². The highest BCUT2D eigenvalue weighted by molar-refractivity contribution is 7.21. The standard InChI is InChI=1S/C24H28BN3O3S/c1-15-11-17(5-6-18(15)23(31)27-10-4-9-24(2,3)14-27)28-13-16(12-21(28)29)26-22(30)19-7-8-20(25)32-19/h5-8,11,16H,4,9-10,12-14H2,1-3H3,(H,26,30). The molecule has 2 radical (unpaired) electrons. The number of hydrogen-bond acceptors (Lipinski definition) is 4. The van der Waals surface area contributed by atoms with E-state index in [9.17, 15) is 14.4 Å². The fourth-order valence-electron chi connectivity index (χ4n) is 4.61. The minimum absolute atomic E-state index is 0.0442. The van der Waals surface area contributed by atoms with Gasteiger partial charge in [-0.1, -0.05) is 19.9 Å². The van der Waals surface area contributed by atoms with Gasteiger partial charge in [0.2, 0.25) is 5.91 Å². The number of thiophene rings is 1. The van der Waals surface area contributed by atoms with Crippen LogP contribution < -0.4 is 15.0 Å². The Kier molecular flexibility index (Phi) is 6.16. The van der Waals surface area contributed by atoms with Crippen molar-refractivity contribution in [1.29, 1.82) is 0 Å². The number of amides is 3. The van der Waals surface area contributed by atoms with Crippen LogP contribution in [0.15, 0.2) is 30.3 Å². The molecule has 32 heavy (non-hydrogen) atoms. The Morgan fingerprint density at radius 2 is 2.00 bits per heavy atom. The minimum atomic E-state index is -0.268. The maximum atomic E-state index is 13.1. The lowest BCUT2D eigenvalue weighted by atomic mass is 9.84. The number of nitrogens with one attached hydrogen (secondary N) is 1. The topological polar surface area (TPSA) is 69.7 Å². The summed E-state index contributed by atoms with van der Waals surface area (Å²) in [4.78, 5) is 42.3. The number of anilines is 1. The van der Waals surface area contributed by atoms with Crippen molar-refractivity contribution in [2.45, 2.75) is 46.1 Å². The lowest BCUT2D eigenvalue weighted by molar-refractivity contribution is -0.117. The summed E-state index contributed by atoms with van der Waals surface area (Å²) in [6, 6.07) is 8.66. The van der Waals surface area contributed by atoms with E-state index in [0.29, 0.717) is 21.8 Å². The molecule has 1 unspecified atom stereocenters. The van der Waals surface area contributed by atoms with Gasteiger partial charge in [-0.15, -0.1) is 11.3 Å². The Labute approximate surface area is 194 Å². The molecule has 6 nitrogen and oxygen atoms in total. The molecule has 3 amide bonds. The van der Waals surface area contributed by atoms with Gasteiger partial charge in [0.05, 0.1) is 10.9 Å². The fraction of sp³-hybridized carbons (Fsp3) is 0.458.